The molecule has 1 aliphatic carbocycles. The number of benzene rings is 1. The van der Waals surface area contributed by atoms with Gasteiger partial charge in [-0.3, -0.25) is 9.59 Å². The Kier molecular flexibility index (Phi) is 3.01. The van der Waals surface area contributed by atoms with E-state index in [-0.39, 0.29) is 0 Å². The topological polar surface area (TPSA) is 60.9 Å². The van der Waals surface area contributed by atoms with Crippen LogP contribution in [0.3, 0.4) is 0 Å². The van der Waals surface area contributed by atoms with Crippen molar-refractivity contribution < 1.29 is 14.7 Å². The molecular weight excluding hydrogens is 256 g/mol. The number of piperazine rings is 1. The molecule has 2 amide bonds. The molecule has 20 heavy (non-hydrogen) atoms. The number of likely N-dealkylation sites (N-methyl/N-ethyl adjacent to an activating group) is 1. The molecule has 0 radical (unpaired) electrons. The lowest BCUT2D eigenvalue weighted by Crippen LogP contribution is -2.53. The summed E-state index contributed by atoms with van der Waals surface area (Å²) in [6.45, 7) is 1.03. The van der Waals surface area contributed by atoms with Gasteiger partial charge in [-0.05, 0) is 24.5 Å². The summed E-state index contributed by atoms with van der Waals surface area (Å²) in [6, 6.07) is 7.51. The number of nitrogens with zero attached hydrogens (tertiary/aromatic N) is 2. The Morgan fingerprint density at radius 1 is 1.15 bits per heavy atom. The third-order valence-corrected chi connectivity index (χ3v) is 4.06. The molecule has 0 atom stereocenters. The van der Waals surface area contributed by atoms with E-state index in [0.29, 0.717) is 19.5 Å². The predicted octanol–water partition coefficient (Wildman–Crippen LogP) is 0.559. The highest BCUT2D eigenvalue weighted by Crippen LogP contribution is 2.40. The maximum Gasteiger partial charge on any atom is 0.316 e. The Labute approximate surface area is 117 Å². The lowest BCUT2D eigenvalue weighted by Gasteiger charge is -2.32. The van der Waals surface area contributed by atoms with Crippen LogP contribution < -0.4 is 4.90 Å². The van der Waals surface area contributed by atoms with E-state index >= 15 is 0 Å². The summed E-state index contributed by atoms with van der Waals surface area (Å²) in [5.74, 6) is -0.967. The second kappa shape index (κ2) is 4.59. The maximum absolute atomic E-state index is 12.1. The van der Waals surface area contributed by atoms with Crippen LogP contribution in [0.2, 0.25) is 0 Å². The Morgan fingerprint density at radius 2 is 1.85 bits per heavy atom. The highest BCUT2D eigenvalue weighted by atomic mass is 16.3. The van der Waals surface area contributed by atoms with Crippen molar-refractivity contribution >= 4 is 17.5 Å². The number of para-hydroxylation sites is 1. The number of hydrogen-bond acceptors (Lipinski definition) is 3. The van der Waals surface area contributed by atoms with Crippen LogP contribution >= 0.6 is 0 Å². The SMILES string of the molecule is CN1CCN(c2ccccc2CC2(O)CC2)C(=O)C1=O. The normalized spacial score (nSPS) is 21.3. The van der Waals surface area contributed by atoms with Crippen molar-refractivity contribution in [3.05, 3.63) is 29.8 Å². The first-order valence-corrected chi connectivity index (χ1v) is 6.87. The van der Waals surface area contributed by atoms with E-state index in [9.17, 15) is 14.7 Å². The van der Waals surface area contributed by atoms with E-state index in [2.05, 4.69) is 0 Å². The summed E-state index contributed by atoms with van der Waals surface area (Å²) >= 11 is 0. The molecule has 0 unspecified atom stereocenters. The van der Waals surface area contributed by atoms with Gasteiger partial charge < -0.3 is 14.9 Å². The van der Waals surface area contributed by atoms with Gasteiger partial charge in [0.15, 0.2) is 0 Å². The Morgan fingerprint density at radius 3 is 2.55 bits per heavy atom. The first kappa shape index (κ1) is 13.1. The fourth-order valence-electron chi connectivity index (χ4n) is 2.56. The molecule has 1 saturated heterocycles. The first-order valence-electron chi connectivity index (χ1n) is 6.87. The lowest BCUT2D eigenvalue weighted by molar-refractivity contribution is -0.145. The highest BCUT2D eigenvalue weighted by molar-refractivity contribution is 6.41. The molecular formula is C15H18N2O3. The maximum atomic E-state index is 12.1. The van der Waals surface area contributed by atoms with Gasteiger partial charge in [-0.25, -0.2) is 0 Å². The quantitative estimate of drug-likeness (QED) is 0.819. The van der Waals surface area contributed by atoms with Crippen LogP contribution in [0.5, 0.6) is 0 Å². The van der Waals surface area contributed by atoms with Gasteiger partial charge in [0.05, 0.1) is 5.60 Å². The molecule has 1 aromatic carbocycles. The Hall–Kier alpha value is -1.88. The van der Waals surface area contributed by atoms with E-state index in [1.54, 1.807) is 7.05 Å². The molecule has 5 heteroatoms. The minimum absolute atomic E-state index is 0.476. The van der Waals surface area contributed by atoms with E-state index in [1.807, 2.05) is 24.3 Å². The third-order valence-electron chi connectivity index (χ3n) is 4.06. The second-order valence-electron chi connectivity index (χ2n) is 5.71. The average Bonchev–Trinajstić information content (AvgIpc) is 3.15. The zero-order valence-electron chi connectivity index (χ0n) is 11.5. The van der Waals surface area contributed by atoms with Gasteiger partial charge in [-0.2, -0.15) is 0 Å². The summed E-state index contributed by atoms with van der Waals surface area (Å²) in [5.41, 5.74) is 1.06. The Bertz CT molecular complexity index is 566. The van der Waals surface area contributed by atoms with Crippen LogP contribution in [0, 0.1) is 0 Å². The largest absolute Gasteiger partial charge is 0.390 e. The Balaban J connectivity index is 1.90. The van der Waals surface area contributed by atoms with Crippen LogP contribution in [0.4, 0.5) is 5.69 Å². The van der Waals surface area contributed by atoms with Crippen molar-refractivity contribution in [1.82, 2.24) is 4.90 Å². The van der Waals surface area contributed by atoms with Gasteiger partial charge in [0.25, 0.3) is 0 Å². The number of carbonyl (C=O) groups is 2. The van der Waals surface area contributed by atoms with Gasteiger partial charge in [-0.15, -0.1) is 0 Å². The zero-order valence-corrected chi connectivity index (χ0v) is 11.5. The molecule has 1 aromatic rings. The van der Waals surface area contributed by atoms with Crippen molar-refractivity contribution in [1.29, 1.82) is 0 Å². The molecule has 0 bridgehead atoms. The number of amides is 2. The van der Waals surface area contributed by atoms with Crippen molar-refractivity contribution in [3.8, 4) is 0 Å². The lowest BCUT2D eigenvalue weighted by atomic mass is 10.0. The molecule has 0 aromatic heterocycles. The second-order valence-corrected chi connectivity index (χ2v) is 5.71. The summed E-state index contributed by atoms with van der Waals surface area (Å²) in [4.78, 5) is 26.9. The molecule has 0 spiro atoms. The highest BCUT2D eigenvalue weighted by Gasteiger charge is 2.41. The molecule has 1 saturated carbocycles. The summed E-state index contributed by atoms with van der Waals surface area (Å²) < 4.78 is 0. The van der Waals surface area contributed by atoms with Gasteiger partial charge >= 0.3 is 11.8 Å². The monoisotopic (exact) mass is 274 g/mol. The van der Waals surface area contributed by atoms with Crippen molar-refractivity contribution in [3.63, 3.8) is 0 Å². The number of hydrogen-bond donors (Lipinski definition) is 1. The molecule has 1 N–H and O–H groups in total. The van der Waals surface area contributed by atoms with E-state index in [0.717, 1.165) is 24.1 Å². The van der Waals surface area contributed by atoms with Crippen molar-refractivity contribution in [2.45, 2.75) is 24.9 Å². The third kappa shape index (κ3) is 2.29. The molecule has 2 aliphatic rings. The molecule has 5 nitrogen and oxygen atoms in total. The van der Waals surface area contributed by atoms with Gasteiger partial charge in [0, 0.05) is 32.2 Å². The van der Waals surface area contributed by atoms with Crippen LogP contribution in [0.1, 0.15) is 18.4 Å². The fraction of sp³-hybridized carbons (Fsp3) is 0.467. The standard InChI is InChI=1S/C15H18N2O3/c1-16-8-9-17(14(19)13(16)18)12-5-3-2-4-11(12)10-15(20)6-7-15/h2-5,20H,6-10H2,1H3. The number of carbonyl (C=O) groups excluding carboxylic acids is 2. The van der Waals surface area contributed by atoms with Crippen LogP contribution in [-0.2, 0) is 16.0 Å². The van der Waals surface area contributed by atoms with E-state index in [4.69, 9.17) is 0 Å². The number of aliphatic hydroxyl groups is 1. The van der Waals surface area contributed by atoms with E-state index < -0.39 is 17.4 Å². The predicted molar refractivity (Wildman–Crippen MR) is 74.3 cm³/mol. The minimum Gasteiger partial charge on any atom is -0.390 e. The first-order chi connectivity index (χ1) is 9.50. The van der Waals surface area contributed by atoms with Gasteiger partial charge in [0.2, 0.25) is 0 Å². The minimum atomic E-state index is -0.615. The molecule has 3 rings (SSSR count). The molecule has 1 heterocycles. The van der Waals surface area contributed by atoms with Crippen LogP contribution in [0.25, 0.3) is 0 Å². The van der Waals surface area contributed by atoms with Crippen LogP contribution in [0.15, 0.2) is 24.3 Å². The molecule has 1 aliphatic heterocycles. The van der Waals surface area contributed by atoms with Gasteiger partial charge in [-0.1, -0.05) is 18.2 Å². The van der Waals surface area contributed by atoms with Crippen molar-refractivity contribution in [2.75, 3.05) is 25.0 Å². The molecule has 106 valence electrons. The average molecular weight is 274 g/mol. The summed E-state index contributed by atoms with van der Waals surface area (Å²) in [7, 11) is 1.64. The van der Waals surface area contributed by atoms with E-state index in [1.165, 1.54) is 9.80 Å². The smallest absolute Gasteiger partial charge is 0.316 e. The number of anilines is 1. The summed E-state index contributed by atoms with van der Waals surface area (Å²) in [6.07, 6.45) is 2.14. The summed E-state index contributed by atoms with van der Waals surface area (Å²) in [5, 5.41) is 10.1. The fourth-order valence-corrected chi connectivity index (χ4v) is 2.56. The van der Waals surface area contributed by atoms with Gasteiger partial charge in [0.1, 0.15) is 0 Å². The van der Waals surface area contributed by atoms with Crippen molar-refractivity contribution in [2.24, 2.45) is 0 Å². The zero-order chi connectivity index (χ0) is 14.3. The molecule has 2 fully saturated rings. The van der Waals surface area contributed by atoms with Crippen LogP contribution in [-0.4, -0.2) is 47.6 Å². The number of rotatable bonds is 3.